The SMILES string of the molecule is COc1cc(F)c(C(O)c2cnn(Cc3ccccc3)c2)cc1C(=O)N[C@H]1[C@@H](C(=O)Nc2cccc(S(=O)(=O)C(F)(F)F)c2)[C@@H]2C=C[C@H]1C2. The van der Waals surface area contributed by atoms with Gasteiger partial charge in [-0.15, -0.1) is 0 Å². The second-order valence-electron chi connectivity index (χ2n) is 11.9. The predicted molar refractivity (Wildman–Crippen MR) is 169 cm³/mol. The van der Waals surface area contributed by atoms with Crippen LogP contribution in [-0.2, 0) is 21.2 Å². The van der Waals surface area contributed by atoms with Gasteiger partial charge in [0.2, 0.25) is 5.91 Å². The Morgan fingerprint density at radius 1 is 1.06 bits per heavy atom. The number of nitrogens with one attached hydrogen (secondary N) is 2. The van der Waals surface area contributed by atoms with Gasteiger partial charge < -0.3 is 20.5 Å². The van der Waals surface area contributed by atoms with Crippen LogP contribution in [0.4, 0.5) is 23.2 Å². The summed E-state index contributed by atoms with van der Waals surface area (Å²) in [5.74, 6) is -3.76. The Labute approximate surface area is 278 Å². The molecule has 6 rings (SSSR count). The molecular formula is C34H30F4N4O6S. The van der Waals surface area contributed by atoms with E-state index in [4.69, 9.17) is 4.74 Å². The first-order chi connectivity index (χ1) is 23.3. The zero-order chi connectivity index (χ0) is 35.1. The average molecular weight is 699 g/mol. The van der Waals surface area contributed by atoms with Crippen molar-refractivity contribution in [2.24, 2.45) is 17.8 Å². The van der Waals surface area contributed by atoms with E-state index in [0.29, 0.717) is 13.0 Å². The first kappa shape index (κ1) is 33.9. The van der Waals surface area contributed by atoms with Crippen LogP contribution in [0, 0.1) is 23.6 Å². The maximum Gasteiger partial charge on any atom is 0.501 e. The van der Waals surface area contributed by atoms with E-state index in [-0.39, 0.29) is 40.0 Å². The molecule has 2 aliphatic rings. The van der Waals surface area contributed by atoms with Crippen LogP contribution in [0.2, 0.25) is 0 Å². The molecule has 3 aromatic carbocycles. The van der Waals surface area contributed by atoms with Crippen molar-refractivity contribution in [3.63, 3.8) is 0 Å². The van der Waals surface area contributed by atoms with E-state index >= 15 is 4.39 Å². The number of methoxy groups -OCH3 is 1. The number of alkyl halides is 3. The zero-order valence-corrected chi connectivity index (χ0v) is 26.6. The molecule has 0 saturated heterocycles. The highest BCUT2D eigenvalue weighted by atomic mass is 32.2. The minimum Gasteiger partial charge on any atom is -0.496 e. The maximum atomic E-state index is 15.3. The number of allylic oxidation sites excluding steroid dienone is 1. The molecule has 1 heterocycles. The van der Waals surface area contributed by atoms with Gasteiger partial charge in [-0.25, -0.2) is 12.8 Å². The average Bonchev–Trinajstić information content (AvgIpc) is 3.82. The smallest absolute Gasteiger partial charge is 0.496 e. The van der Waals surface area contributed by atoms with Crippen molar-refractivity contribution in [2.75, 3.05) is 12.4 Å². The zero-order valence-electron chi connectivity index (χ0n) is 25.8. The molecule has 2 aliphatic carbocycles. The summed E-state index contributed by atoms with van der Waals surface area (Å²) in [6.45, 7) is 0.414. The number of hydrogen-bond donors (Lipinski definition) is 3. The first-order valence-corrected chi connectivity index (χ1v) is 16.6. The molecule has 0 aliphatic heterocycles. The van der Waals surface area contributed by atoms with Crippen LogP contribution >= 0.6 is 0 Å². The molecule has 0 radical (unpaired) electrons. The fourth-order valence-corrected chi connectivity index (χ4v) is 7.20. The molecule has 10 nitrogen and oxygen atoms in total. The molecule has 15 heteroatoms. The Bertz CT molecular complexity index is 2030. The van der Waals surface area contributed by atoms with Gasteiger partial charge in [0, 0.05) is 35.1 Å². The quantitative estimate of drug-likeness (QED) is 0.156. The Balaban J connectivity index is 1.21. The van der Waals surface area contributed by atoms with Gasteiger partial charge in [0.15, 0.2) is 0 Å². The number of benzene rings is 3. The number of nitrogens with zero attached hydrogens (tertiary/aromatic N) is 2. The third kappa shape index (κ3) is 6.68. The number of halogens is 4. The lowest BCUT2D eigenvalue weighted by Gasteiger charge is -2.28. The second-order valence-corrected chi connectivity index (χ2v) is 13.8. The molecule has 1 unspecified atom stereocenters. The van der Waals surface area contributed by atoms with Crippen molar-refractivity contribution in [3.8, 4) is 5.75 Å². The molecule has 2 bridgehead atoms. The molecule has 2 amide bonds. The summed E-state index contributed by atoms with van der Waals surface area (Å²) in [5.41, 5.74) is -4.76. The van der Waals surface area contributed by atoms with Crippen LogP contribution in [0.1, 0.15) is 39.6 Å². The van der Waals surface area contributed by atoms with E-state index in [9.17, 15) is 36.3 Å². The van der Waals surface area contributed by atoms with Gasteiger partial charge in [-0.2, -0.15) is 18.3 Å². The summed E-state index contributed by atoms with van der Waals surface area (Å²) < 4.78 is 85.3. The summed E-state index contributed by atoms with van der Waals surface area (Å²) in [7, 11) is -4.40. The molecule has 1 fully saturated rings. The van der Waals surface area contributed by atoms with Crippen molar-refractivity contribution in [3.05, 3.63) is 119 Å². The topological polar surface area (TPSA) is 140 Å². The minimum absolute atomic E-state index is 0.106. The molecular weight excluding hydrogens is 668 g/mol. The number of rotatable bonds is 10. The summed E-state index contributed by atoms with van der Waals surface area (Å²) in [6.07, 6.45) is 5.65. The van der Waals surface area contributed by atoms with Crippen molar-refractivity contribution in [2.45, 2.75) is 35.5 Å². The van der Waals surface area contributed by atoms with Gasteiger partial charge in [-0.3, -0.25) is 14.3 Å². The third-order valence-corrected chi connectivity index (χ3v) is 10.3. The van der Waals surface area contributed by atoms with Crippen LogP contribution in [0.15, 0.2) is 96.2 Å². The van der Waals surface area contributed by atoms with Crippen molar-refractivity contribution in [1.82, 2.24) is 15.1 Å². The van der Waals surface area contributed by atoms with Gasteiger partial charge in [-0.05, 0) is 48.1 Å². The Morgan fingerprint density at radius 2 is 1.80 bits per heavy atom. The molecule has 4 aromatic rings. The number of aromatic nitrogens is 2. The number of ether oxygens (including phenoxy) is 1. The fourth-order valence-electron chi connectivity index (χ4n) is 6.39. The first-order valence-electron chi connectivity index (χ1n) is 15.1. The molecule has 0 spiro atoms. The number of amides is 2. The minimum atomic E-state index is -5.65. The number of fused-ring (bicyclic) bond motifs is 2. The van der Waals surface area contributed by atoms with Crippen molar-refractivity contribution in [1.29, 1.82) is 0 Å². The van der Waals surface area contributed by atoms with E-state index in [1.54, 1.807) is 10.9 Å². The van der Waals surface area contributed by atoms with E-state index in [1.165, 1.54) is 25.4 Å². The number of sulfone groups is 1. The number of carbonyl (C=O) groups excluding carboxylic acids is 2. The Hall–Kier alpha value is -5.02. The molecule has 256 valence electrons. The normalized spacial score (nSPS) is 20.6. The van der Waals surface area contributed by atoms with Crippen LogP contribution in [0.25, 0.3) is 0 Å². The van der Waals surface area contributed by atoms with Gasteiger partial charge in [0.25, 0.3) is 15.7 Å². The van der Waals surface area contributed by atoms with Crippen LogP contribution in [-0.4, -0.2) is 53.8 Å². The van der Waals surface area contributed by atoms with E-state index < -0.39 is 55.9 Å². The number of aliphatic hydroxyl groups excluding tert-OH is 1. The van der Waals surface area contributed by atoms with Gasteiger partial charge in [0.1, 0.15) is 17.7 Å². The number of anilines is 1. The van der Waals surface area contributed by atoms with Crippen LogP contribution < -0.4 is 15.4 Å². The van der Waals surface area contributed by atoms with E-state index in [2.05, 4.69) is 15.7 Å². The van der Waals surface area contributed by atoms with Gasteiger partial charge in [0.05, 0.1) is 36.2 Å². The number of hydrogen-bond acceptors (Lipinski definition) is 7. The molecule has 1 saturated carbocycles. The fraction of sp³-hybridized carbons (Fsp3) is 0.265. The van der Waals surface area contributed by atoms with Crippen LogP contribution in [0.3, 0.4) is 0 Å². The highest BCUT2D eigenvalue weighted by molar-refractivity contribution is 7.92. The van der Waals surface area contributed by atoms with Crippen LogP contribution in [0.5, 0.6) is 5.75 Å². The van der Waals surface area contributed by atoms with Crippen molar-refractivity contribution < 1.29 is 45.4 Å². The molecule has 1 aromatic heterocycles. The second kappa shape index (κ2) is 13.1. The molecule has 5 atom stereocenters. The lowest BCUT2D eigenvalue weighted by Crippen LogP contribution is -2.47. The number of carbonyl (C=O) groups is 2. The lowest BCUT2D eigenvalue weighted by atomic mass is 9.87. The Morgan fingerprint density at radius 3 is 2.51 bits per heavy atom. The van der Waals surface area contributed by atoms with Crippen molar-refractivity contribution >= 4 is 27.3 Å². The summed E-state index contributed by atoms with van der Waals surface area (Å²) in [6, 6.07) is 14.7. The number of aliphatic hydroxyl groups is 1. The van der Waals surface area contributed by atoms with E-state index in [0.717, 1.165) is 29.8 Å². The monoisotopic (exact) mass is 698 g/mol. The standard InChI is InChI=1S/C34H30F4N4O6S/c1-48-28-15-27(35)25(31(43)22-16-39-42(18-22)17-19-6-3-2-4-7-19)14-26(28)32(44)41-30-21-11-10-20(12-21)29(30)33(45)40-23-8-5-9-24(13-23)49(46,47)34(36,37)38/h2-11,13-16,18,20-21,29-31,43H,12,17H2,1H3,(H,40,45)(H,41,44)/t20-,21+,29+,30-,31?/m1/s1. The lowest BCUT2D eigenvalue weighted by molar-refractivity contribution is -0.121. The molecule has 49 heavy (non-hydrogen) atoms. The summed E-state index contributed by atoms with van der Waals surface area (Å²) in [5, 5.41) is 20.7. The highest BCUT2D eigenvalue weighted by Crippen LogP contribution is 2.45. The predicted octanol–water partition coefficient (Wildman–Crippen LogP) is 5.01. The summed E-state index contributed by atoms with van der Waals surface area (Å²) in [4.78, 5) is 26.2. The van der Waals surface area contributed by atoms with E-state index in [1.807, 2.05) is 42.5 Å². The largest absolute Gasteiger partial charge is 0.501 e. The Kier molecular flexibility index (Phi) is 9.07. The maximum absolute atomic E-state index is 15.3. The highest BCUT2D eigenvalue weighted by Gasteiger charge is 2.49. The third-order valence-electron chi connectivity index (χ3n) is 8.79. The molecule has 3 N–H and O–H groups in total. The van der Waals surface area contributed by atoms with Gasteiger partial charge in [-0.1, -0.05) is 48.6 Å². The summed E-state index contributed by atoms with van der Waals surface area (Å²) >= 11 is 0. The van der Waals surface area contributed by atoms with Gasteiger partial charge >= 0.3 is 5.51 Å².